The van der Waals surface area contributed by atoms with Crippen LogP contribution < -0.4 is 16.0 Å². The Balaban J connectivity index is 1.53. The van der Waals surface area contributed by atoms with E-state index in [1.165, 1.54) is 31.4 Å². The van der Waals surface area contributed by atoms with Crippen LogP contribution in [0.5, 0.6) is 0 Å². The predicted molar refractivity (Wildman–Crippen MR) is 130 cm³/mol. The zero-order chi connectivity index (χ0) is 23.8. The van der Waals surface area contributed by atoms with Gasteiger partial charge in [0.15, 0.2) is 0 Å². The second-order valence-electron chi connectivity index (χ2n) is 8.72. The molecule has 180 valence electrons. The second-order valence-corrected chi connectivity index (χ2v) is 8.72. The number of amides is 1. The van der Waals surface area contributed by atoms with Crippen molar-refractivity contribution in [3.05, 3.63) is 60.4 Å². The number of nitrogens with zero attached hydrogens (tertiary/aromatic N) is 4. The summed E-state index contributed by atoms with van der Waals surface area (Å²) < 4.78 is 15.0. The van der Waals surface area contributed by atoms with Crippen molar-refractivity contribution in [2.24, 2.45) is 5.92 Å². The van der Waals surface area contributed by atoms with Gasteiger partial charge >= 0.3 is 0 Å². The number of benzene rings is 1. The van der Waals surface area contributed by atoms with Crippen molar-refractivity contribution in [3.8, 4) is 5.82 Å². The molecule has 3 N–H and O–H groups in total. The van der Waals surface area contributed by atoms with Gasteiger partial charge in [-0.25, -0.2) is 9.37 Å². The minimum absolute atomic E-state index is 0.0947. The van der Waals surface area contributed by atoms with E-state index in [-0.39, 0.29) is 11.7 Å². The SMILES string of the molecule is CCNc1nc(NC(CC2CCCCC2)C(=O)NCc2ccc(F)cc2)cc(-n2ccnc2)n1. The number of carbonyl (C=O) groups is 1. The average molecular weight is 466 g/mol. The molecule has 2 heterocycles. The minimum Gasteiger partial charge on any atom is -0.358 e. The summed E-state index contributed by atoms with van der Waals surface area (Å²) in [5, 5.41) is 9.55. The predicted octanol–water partition coefficient (Wildman–Crippen LogP) is 4.30. The molecule has 1 atom stereocenters. The van der Waals surface area contributed by atoms with Crippen molar-refractivity contribution < 1.29 is 9.18 Å². The zero-order valence-corrected chi connectivity index (χ0v) is 19.5. The summed E-state index contributed by atoms with van der Waals surface area (Å²) in [6.45, 7) is 3.00. The van der Waals surface area contributed by atoms with Gasteiger partial charge in [0.2, 0.25) is 11.9 Å². The molecular formula is C25H32FN7O. The van der Waals surface area contributed by atoms with Gasteiger partial charge in [0.25, 0.3) is 0 Å². The molecule has 3 aromatic rings. The Bertz CT molecular complexity index is 1050. The van der Waals surface area contributed by atoms with Crippen molar-refractivity contribution in [2.75, 3.05) is 17.2 Å². The molecular weight excluding hydrogens is 433 g/mol. The molecule has 2 aromatic heterocycles. The molecule has 0 spiro atoms. The van der Waals surface area contributed by atoms with Gasteiger partial charge in [-0.15, -0.1) is 0 Å². The molecule has 1 aliphatic carbocycles. The van der Waals surface area contributed by atoms with E-state index in [9.17, 15) is 9.18 Å². The lowest BCUT2D eigenvalue weighted by molar-refractivity contribution is -0.122. The van der Waals surface area contributed by atoms with Gasteiger partial charge in [-0.3, -0.25) is 9.36 Å². The van der Waals surface area contributed by atoms with Crippen LogP contribution in [-0.2, 0) is 11.3 Å². The second kappa shape index (κ2) is 11.6. The van der Waals surface area contributed by atoms with Gasteiger partial charge in [-0.05, 0) is 37.0 Å². The van der Waals surface area contributed by atoms with Crippen LogP contribution in [0.1, 0.15) is 51.0 Å². The van der Waals surface area contributed by atoms with Crippen molar-refractivity contribution >= 4 is 17.7 Å². The Morgan fingerprint density at radius 2 is 1.97 bits per heavy atom. The maximum Gasteiger partial charge on any atom is 0.242 e. The maximum atomic E-state index is 13.3. The molecule has 1 saturated carbocycles. The van der Waals surface area contributed by atoms with Gasteiger partial charge in [-0.2, -0.15) is 9.97 Å². The number of rotatable bonds is 10. The summed E-state index contributed by atoms with van der Waals surface area (Å²) >= 11 is 0. The van der Waals surface area contributed by atoms with Crippen LogP contribution >= 0.6 is 0 Å². The first kappa shape index (κ1) is 23.7. The van der Waals surface area contributed by atoms with Crippen molar-refractivity contribution in [3.63, 3.8) is 0 Å². The molecule has 0 radical (unpaired) electrons. The topological polar surface area (TPSA) is 96.8 Å². The maximum absolute atomic E-state index is 13.3. The monoisotopic (exact) mass is 465 g/mol. The first-order chi connectivity index (χ1) is 16.6. The molecule has 1 amide bonds. The van der Waals surface area contributed by atoms with Gasteiger partial charge in [0.05, 0.1) is 0 Å². The molecule has 0 bridgehead atoms. The van der Waals surface area contributed by atoms with E-state index in [0.29, 0.717) is 36.6 Å². The Labute approximate surface area is 199 Å². The van der Waals surface area contributed by atoms with Gasteiger partial charge in [-0.1, -0.05) is 44.2 Å². The average Bonchev–Trinajstić information content (AvgIpc) is 3.39. The van der Waals surface area contributed by atoms with E-state index < -0.39 is 6.04 Å². The number of carbonyl (C=O) groups excluding carboxylic acids is 1. The largest absolute Gasteiger partial charge is 0.358 e. The van der Waals surface area contributed by atoms with Crippen LogP contribution in [0.15, 0.2) is 49.1 Å². The van der Waals surface area contributed by atoms with E-state index in [1.54, 1.807) is 29.2 Å². The number of hydrogen-bond acceptors (Lipinski definition) is 6. The highest BCUT2D eigenvalue weighted by molar-refractivity contribution is 5.84. The van der Waals surface area contributed by atoms with Crippen LogP contribution in [0, 0.1) is 11.7 Å². The summed E-state index contributed by atoms with van der Waals surface area (Å²) in [4.78, 5) is 26.5. The molecule has 1 aromatic carbocycles. The highest BCUT2D eigenvalue weighted by Crippen LogP contribution is 2.28. The molecule has 34 heavy (non-hydrogen) atoms. The number of anilines is 2. The Morgan fingerprint density at radius 1 is 1.18 bits per heavy atom. The molecule has 0 aliphatic heterocycles. The summed E-state index contributed by atoms with van der Waals surface area (Å²) in [6.07, 6.45) is 11.9. The molecule has 1 fully saturated rings. The van der Waals surface area contributed by atoms with Crippen LogP contribution in [0.4, 0.5) is 16.2 Å². The van der Waals surface area contributed by atoms with E-state index in [2.05, 4.69) is 30.9 Å². The van der Waals surface area contributed by atoms with Crippen LogP contribution in [-0.4, -0.2) is 38.0 Å². The Morgan fingerprint density at radius 3 is 2.68 bits per heavy atom. The highest BCUT2D eigenvalue weighted by Gasteiger charge is 2.25. The van der Waals surface area contributed by atoms with E-state index in [0.717, 1.165) is 24.8 Å². The fourth-order valence-electron chi connectivity index (χ4n) is 4.35. The fourth-order valence-corrected chi connectivity index (χ4v) is 4.35. The number of aromatic nitrogens is 4. The standard InChI is InChI=1S/C25H32FN7O/c1-2-28-25-31-22(15-23(32-25)33-13-12-27-17-33)30-21(14-18-6-4-3-5-7-18)24(34)29-16-19-8-10-20(26)11-9-19/h8-13,15,17-18,21H,2-7,14,16H2,1H3,(H,29,34)(H2,28,30,31,32). The molecule has 9 heteroatoms. The number of nitrogens with one attached hydrogen (secondary N) is 3. The lowest BCUT2D eigenvalue weighted by Gasteiger charge is -2.27. The van der Waals surface area contributed by atoms with E-state index in [4.69, 9.17) is 0 Å². The van der Waals surface area contributed by atoms with Gasteiger partial charge in [0, 0.05) is 31.5 Å². The highest BCUT2D eigenvalue weighted by atomic mass is 19.1. The van der Waals surface area contributed by atoms with Crippen molar-refractivity contribution in [2.45, 2.75) is 58.0 Å². The molecule has 8 nitrogen and oxygen atoms in total. The fraction of sp³-hybridized carbons (Fsp3) is 0.440. The molecule has 0 saturated heterocycles. The summed E-state index contributed by atoms with van der Waals surface area (Å²) in [5.41, 5.74) is 0.852. The molecule has 4 rings (SSSR count). The van der Waals surface area contributed by atoms with Crippen LogP contribution in [0.3, 0.4) is 0 Å². The smallest absolute Gasteiger partial charge is 0.242 e. The molecule has 1 aliphatic rings. The normalized spacial score (nSPS) is 15.0. The van der Waals surface area contributed by atoms with E-state index >= 15 is 0 Å². The van der Waals surface area contributed by atoms with Crippen molar-refractivity contribution in [1.29, 1.82) is 0 Å². The summed E-state index contributed by atoms with van der Waals surface area (Å²) in [6, 6.07) is 7.56. The Hall–Kier alpha value is -3.49. The number of imidazole rings is 1. The van der Waals surface area contributed by atoms with Gasteiger partial charge in [0.1, 0.15) is 29.8 Å². The van der Waals surface area contributed by atoms with Crippen LogP contribution in [0.2, 0.25) is 0 Å². The summed E-state index contributed by atoms with van der Waals surface area (Å²) in [7, 11) is 0. The quantitative estimate of drug-likeness (QED) is 0.413. The zero-order valence-electron chi connectivity index (χ0n) is 19.5. The Kier molecular flexibility index (Phi) is 8.06. The number of hydrogen-bond donors (Lipinski definition) is 3. The lowest BCUT2D eigenvalue weighted by atomic mass is 9.84. The summed E-state index contributed by atoms with van der Waals surface area (Å²) in [5.74, 6) is 1.83. The number of halogens is 1. The minimum atomic E-state index is -0.441. The van der Waals surface area contributed by atoms with Crippen molar-refractivity contribution in [1.82, 2.24) is 24.8 Å². The third kappa shape index (κ3) is 6.52. The van der Waals surface area contributed by atoms with Gasteiger partial charge < -0.3 is 16.0 Å². The third-order valence-corrected chi connectivity index (χ3v) is 6.13. The van der Waals surface area contributed by atoms with Crippen LogP contribution in [0.25, 0.3) is 5.82 Å². The first-order valence-corrected chi connectivity index (χ1v) is 12.0. The first-order valence-electron chi connectivity index (χ1n) is 12.0. The third-order valence-electron chi connectivity index (χ3n) is 6.13. The lowest BCUT2D eigenvalue weighted by Crippen LogP contribution is -2.41. The molecule has 1 unspecified atom stereocenters. The van der Waals surface area contributed by atoms with E-state index in [1.807, 2.05) is 19.2 Å².